The lowest BCUT2D eigenvalue weighted by atomic mass is 10.2. The smallest absolute Gasteiger partial charge is 0.0270 e. The van der Waals surface area contributed by atoms with Crippen LogP contribution in [0.25, 0.3) is 0 Å². The van der Waals surface area contributed by atoms with Gasteiger partial charge in [0.05, 0.1) is 0 Å². The quantitative estimate of drug-likeness (QED) is 0.589. The van der Waals surface area contributed by atoms with E-state index in [1.165, 1.54) is 0 Å². The molecule has 0 bridgehead atoms. The Morgan fingerprint density at radius 2 is 2.00 bits per heavy atom. The van der Waals surface area contributed by atoms with Crippen molar-refractivity contribution in [3.8, 4) is 0 Å². The Morgan fingerprint density at radius 3 is 2.40 bits per heavy atom. The van der Waals surface area contributed by atoms with Gasteiger partial charge in [0.2, 0.25) is 0 Å². The second-order valence-electron chi connectivity index (χ2n) is 2.00. The van der Waals surface area contributed by atoms with E-state index in [-0.39, 0.29) is 0 Å². The predicted octanol–water partition coefficient (Wildman–Crippen LogP) is 2.15. The molecule has 1 nitrogen and oxygen atoms in total. The largest absolute Gasteiger partial charge is 0.399 e. The second-order valence-corrected chi connectivity index (χ2v) is 2.00. The fourth-order valence-corrected chi connectivity index (χ4v) is 0.385. The molecule has 0 amide bonds. The molecule has 54 valence electrons. The number of nitrogens with two attached hydrogens (primary N) is 1. The highest BCUT2D eigenvalue weighted by Crippen LogP contribution is 1.98. The van der Waals surface area contributed by atoms with E-state index in [4.69, 9.17) is 5.73 Å². The minimum atomic E-state index is 0.605. The van der Waals surface area contributed by atoms with Gasteiger partial charge in [-0.25, -0.2) is 0 Å². The molecule has 0 spiro atoms. The van der Waals surface area contributed by atoms with E-state index < -0.39 is 0 Å². The molecule has 0 unspecified atom stereocenters. The topological polar surface area (TPSA) is 26.0 Å². The van der Waals surface area contributed by atoms with E-state index in [0.29, 0.717) is 5.70 Å². The molecule has 1 heteroatoms. The maximum Gasteiger partial charge on any atom is 0.0270 e. The zero-order valence-electron chi connectivity index (χ0n) is 6.30. The van der Waals surface area contributed by atoms with Gasteiger partial charge in [0, 0.05) is 5.70 Å². The van der Waals surface area contributed by atoms with Gasteiger partial charge in [-0.05, 0) is 12.5 Å². The van der Waals surface area contributed by atoms with Gasteiger partial charge in [-0.1, -0.05) is 37.5 Å². The molecule has 0 aliphatic heterocycles. The highest BCUT2D eigenvalue weighted by Gasteiger charge is 1.83. The van der Waals surface area contributed by atoms with Gasteiger partial charge in [-0.3, -0.25) is 0 Å². The van der Waals surface area contributed by atoms with Gasteiger partial charge in [0.15, 0.2) is 0 Å². The van der Waals surface area contributed by atoms with Crippen LogP contribution in [0.2, 0.25) is 0 Å². The lowest BCUT2D eigenvalue weighted by Gasteiger charge is -1.93. The van der Waals surface area contributed by atoms with Crippen molar-refractivity contribution in [2.24, 2.45) is 5.73 Å². The Morgan fingerprint density at radius 1 is 1.40 bits per heavy atom. The van der Waals surface area contributed by atoms with Crippen LogP contribution in [0.4, 0.5) is 0 Å². The van der Waals surface area contributed by atoms with Crippen molar-refractivity contribution in [3.05, 3.63) is 48.7 Å². The van der Waals surface area contributed by atoms with Gasteiger partial charge in [-0.2, -0.15) is 0 Å². The fourth-order valence-electron chi connectivity index (χ4n) is 0.385. The molecule has 0 radical (unpaired) electrons. The molecule has 0 aromatic carbocycles. The molecule has 0 fully saturated rings. The summed E-state index contributed by atoms with van der Waals surface area (Å²) >= 11 is 0. The third-order valence-corrected chi connectivity index (χ3v) is 1.10. The van der Waals surface area contributed by atoms with Crippen molar-refractivity contribution in [1.29, 1.82) is 0 Å². The third-order valence-electron chi connectivity index (χ3n) is 1.10. The number of rotatable bonds is 3. The summed E-state index contributed by atoms with van der Waals surface area (Å²) in [4.78, 5) is 0. The molecule has 0 aromatic rings. The zero-order valence-corrected chi connectivity index (χ0v) is 6.30. The average Bonchev–Trinajstić information content (AvgIpc) is 1.88. The van der Waals surface area contributed by atoms with Crippen LogP contribution < -0.4 is 5.73 Å². The normalized spacial score (nSPS) is 11.9. The van der Waals surface area contributed by atoms with Crippen molar-refractivity contribution >= 4 is 0 Å². The Bertz CT molecular complexity index is 185. The molecular formula is C9H13N. The fraction of sp³-hybridized carbons (Fsp3) is 0.111. The Balaban J connectivity index is 4.04. The average molecular weight is 135 g/mol. The summed E-state index contributed by atoms with van der Waals surface area (Å²) < 4.78 is 0. The van der Waals surface area contributed by atoms with Gasteiger partial charge in [0.25, 0.3) is 0 Å². The van der Waals surface area contributed by atoms with Crippen molar-refractivity contribution in [2.75, 3.05) is 0 Å². The minimum Gasteiger partial charge on any atom is -0.399 e. The third kappa shape index (κ3) is 3.72. The SMILES string of the molecule is C=C/C=C\C=C(\C)C(=C)N. The van der Waals surface area contributed by atoms with Crippen LogP contribution >= 0.6 is 0 Å². The van der Waals surface area contributed by atoms with Gasteiger partial charge >= 0.3 is 0 Å². The van der Waals surface area contributed by atoms with E-state index in [1.807, 2.05) is 25.2 Å². The van der Waals surface area contributed by atoms with E-state index in [1.54, 1.807) is 6.08 Å². The van der Waals surface area contributed by atoms with Crippen LogP contribution in [0, 0.1) is 0 Å². The standard InChI is InChI=1S/C9H13N/c1-4-5-6-7-8(2)9(3)10/h4-7H,1,3,10H2,2H3/b6-5-,8-7-. The summed E-state index contributed by atoms with van der Waals surface area (Å²) in [7, 11) is 0. The van der Waals surface area contributed by atoms with Crippen molar-refractivity contribution in [2.45, 2.75) is 6.92 Å². The summed E-state index contributed by atoms with van der Waals surface area (Å²) in [6, 6.07) is 0. The van der Waals surface area contributed by atoms with Gasteiger partial charge < -0.3 is 5.73 Å². The molecule has 0 aliphatic carbocycles. The van der Waals surface area contributed by atoms with Crippen LogP contribution in [-0.4, -0.2) is 0 Å². The number of allylic oxidation sites excluding steroid dienone is 5. The second kappa shape index (κ2) is 4.62. The maximum absolute atomic E-state index is 5.40. The summed E-state index contributed by atoms with van der Waals surface area (Å²) in [5, 5.41) is 0. The molecule has 0 aliphatic rings. The summed E-state index contributed by atoms with van der Waals surface area (Å²) in [5.41, 5.74) is 6.99. The monoisotopic (exact) mass is 135 g/mol. The van der Waals surface area contributed by atoms with Crippen LogP contribution in [-0.2, 0) is 0 Å². The van der Waals surface area contributed by atoms with Gasteiger partial charge in [-0.15, -0.1) is 0 Å². The summed E-state index contributed by atoms with van der Waals surface area (Å²) in [6.07, 6.45) is 7.32. The molecule has 0 heterocycles. The van der Waals surface area contributed by atoms with Crippen molar-refractivity contribution < 1.29 is 0 Å². The van der Waals surface area contributed by atoms with Gasteiger partial charge in [0.1, 0.15) is 0 Å². The molecule has 0 aromatic heterocycles. The van der Waals surface area contributed by atoms with Crippen molar-refractivity contribution in [1.82, 2.24) is 0 Å². The highest BCUT2D eigenvalue weighted by molar-refractivity contribution is 5.27. The van der Waals surface area contributed by atoms with E-state index in [9.17, 15) is 0 Å². The first-order valence-corrected chi connectivity index (χ1v) is 3.09. The first kappa shape index (κ1) is 8.76. The lowest BCUT2D eigenvalue weighted by Crippen LogP contribution is -1.94. The molecular weight excluding hydrogens is 122 g/mol. The molecule has 0 rings (SSSR count). The van der Waals surface area contributed by atoms with Crippen LogP contribution in [0.1, 0.15) is 6.92 Å². The summed E-state index contributed by atoms with van der Waals surface area (Å²) in [5.74, 6) is 0. The van der Waals surface area contributed by atoms with E-state index in [2.05, 4.69) is 13.2 Å². The van der Waals surface area contributed by atoms with Crippen LogP contribution in [0.3, 0.4) is 0 Å². The first-order chi connectivity index (χ1) is 4.68. The lowest BCUT2D eigenvalue weighted by molar-refractivity contribution is 1.31. The molecule has 0 atom stereocenters. The number of hydrogen-bond donors (Lipinski definition) is 1. The zero-order chi connectivity index (χ0) is 7.98. The summed E-state index contributed by atoms with van der Waals surface area (Å²) in [6.45, 7) is 9.03. The van der Waals surface area contributed by atoms with Crippen molar-refractivity contribution in [3.63, 3.8) is 0 Å². The highest BCUT2D eigenvalue weighted by atomic mass is 14.6. The Labute approximate surface area is 62.2 Å². The predicted molar refractivity (Wildman–Crippen MR) is 46.4 cm³/mol. The molecule has 2 N–H and O–H groups in total. The minimum absolute atomic E-state index is 0.605. The maximum atomic E-state index is 5.40. The Hall–Kier alpha value is -1.24. The molecule has 0 saturated heterocycles. The number of hydrogen-bond acceptors (Lipinski definition) is 1. The van der Waals surface area contributed by atoms with E-state index >= 15 is 0 Å². The van der Waals surface area contributed by atoms with Crippen LogP contribution in [0.15, 0.2) is 48.7 Å². The molecule has 10 heavy (non-hydrogen) atoms. The van der Waals surface area contributed by atoms with E-state index in [0.717, 1.165) is 5.57 Å². The Kier molecular flexibility index (Phi) is 4.05. The first-order valence-electron chi connectivity index (χ1n) is 3.09. The van der Waals surface area contributed by atoms with Crippen LogP contribution in [0.5, 0.6) is 0 Å². The molecule has 0 saturated carbocycles.